The van der Waals surface area contributed by atoms with Gasteiger partial charge in [-0.05, 0) is 121 Å². The molecule has 2 heterocycles. The van der Waals surface area contributed by atoms with Crippen molar-refractivity contribution in [3.8, 4) is 55.6 Å². The molecule has 1 spiro atoms. The van der Waals surface area contributed by atoms with E-state index in [0.29, 0.717) is 0 Å². The van der Waals surface area contributed by atoms with Crippen LogP contribution in [0.4, 0.5) is 17.1 Å². The maximum Gasteiger partial charge on any atom is 0.143 e. The van der Waals surface area contributed by atoms with E-state index in [-0.39, 0.29) is 0 Å². The predicted octanol–water partition coefficient (Wildman–Crippen LogP) is 18.3. The van der Waals surface area contributed by atoms with E-state index < -0.39 is 5.41 Å². The van der Waals surface area contributed by atoms with Crippen LogP contribution in [0.3, 0.4) is 0 Å². The van der Waals surface area contributed by atoms with Crippen molar-refractivity contribution < 1.29 is 8.83 Å². The fourth-order valence-electron chi connectivity index (χ4n) is 12.2. The van der Waals surface area contributed by atoms with Gasteiger partial charge in [-0.1, -0.05) is 194 Å². The highest BCUT2D eigenvalue weighted by Crippen LogP contribution is 2.63. The van der Waals surface area contributed by atoms with Gasteiger partial charge in [0.25, 0.3) is 0 Å². The Hall–Kier alpha value is -9.18. The van der Waals surface area contributed by atoms with Crippen LogP contribution in [-0.4, -0.2) is 0 Å². The maximum atomic E-state index is 6.64. The maximum absolute atomic E-state index is 6.64. The first-order valence-corrected chi connectivity index (χ1v) is 24.1. The molecule has 11 aromatic carbocycles. The van der Waals surface area contributed by atoms with Crippen molar-refractivity contribution in [3.63, 3.8) is 0 Å². The second-order valence-corrected chi connectivity index (χ2v) is 18.7. The molecule has 0 radical (unpaired) electrons. The van der Waals surface area contributed by atoms with Gasteiger partial charge in [-0.15, -0.1) is 0 Å². The molecule has 0 bridgehead atoms. The minimum atomic E-state index is -0.709. The molecule has 326 valence electrons. The number of benzene rings is 11. The van der Waals surface area contributed by atoms with Gasteiger partial charge in [-0.2, -0.15) is 0 Å². The van der Waals surface area contributed by atoms with Crippen molar-refractivity contribution >= 4 is 60.9 Å². The molecular formula is C67H41NO2. The van der Waals surface area contributed by atoms with E-state index in [0.717, 1.165) is 83.2 Å². The zero-order valence-electron chi connectivity index (χ0n) is 37.9. The van der Waals surface area contributed by atoms with Crippen LogP contribution in [0.5, 0.6) is 0 Å². The van der Waals surface area contributed by atoms with Gasteiger partial charge < -0.3 is 13.7 Å². The lowest BCUT2D eigenvalue weighted by atomic mass is 9.65. The SMILES string of the molecule is c1ccc(-c2ccccc2N(c2ccc(-c3cccc4c3oc3ccccc34)cc2)c2ccc3c(c2)C2(c4ccccc4-c4ccccc4-3)c3ccccc3-c3cc4oc5ccccc5c4cc32)cc1. The highest BCUT2D eigenvalue weighted by molar-refractivity contribution is 6.11. The molecule has 0 aliphatic heterocycles. The quantitative estimate of drug-likeness (QED) is 0.172. The van der Waals surface area contributed by atoms with Crippen molar-refractivity contribution in [2.24, 2.45) is 0 Å². The van der Waals surface area contributed by atoms with E-state index in [1.54, 1.807) is 0 Å². The first-order valence-electron chi connectivity index (χ1n) is 24.1. The van der Waals surface area contributed by atoms with Crippen molar-refractivity contribution in [3.05, 3.63) is 271 Å². The summed E-state index contributed by atoms with van der Waals surface area (Å²) in [6.45, 7) is 0. The Balaban J connectivity index is 1.02. The Labute approximate surface area is 404 Å². The highest BCUT2D eigenvalue weighted by atomic mass is 16.3. The van der Waals surface area contributed by atoms with Gasteiger partial charge in [0.15, 0.2) is 0 Å². The largest absolute Gasteiger partial charge is 0.456 e. The summed E-state index contributed by atoms with van der Waals surface area (Å²) in [5, 5.41) is 4.49. The number of hydrogen-bond acceptors (Lipinski definition) is 3. The number of para-hydroxylation sites is 4. The summed E-state index contributed by atoms with van der Waals surface area (Å²) in [7, 11) is 0. The number of nitrogens with zero attached hydrogens (tertiary/aromatic N) is 1. The standard InChI is InChI=1S/C67H41NO2/c1-2-17-42(18-3-1)46-19-8-13-30-62(46)68(44-35-33-43(34-36-44)47-26-16-27-55-53-24-9-15-32-64(53)70-66(47)55)45-37-38-52-49-21-5-4-20-48(49)50-22-6-11-28-58(50)67(60(52)39-45)59-29-12-7-23-51(59)56-41-65-57(40-61(56)67)54-25-10-14-31-63(54)69-65/h1-41H. The lowest BCUT2D eigenvalue weighted by molar-refractivity contribution is 0.668. The summed E-state index contributed by atoms with van der Waals surface area (Å²) in [6.07, 6.45) is 0. The predicted molar refractivity (Wildman–Crippen MR) is 288 cm³/mol. The first kappa shape index (κ1) is 38.9. The van der Waals surface area contributed by atoms with E-state index >= 15 is 0 Å². The molecule has 2 aliphatic rings. The zero-order chi connectivity index (χ0) is 45.9. The van der Waals surface area contributed by atoms with Gasteiger partial charge >= 0.3 is 0 Å². The number of rotatable bonds is 5. The number of furan rings is 2. The third-order valence-corrected chi connectivity index (χ3v) is 15.1. The van der Waals surface area contributed by atoms with E-state index in [4.69, 9.17) is 8.83 Å². The Morgan fingerprint density at radius 3 is 1.53 bits per heavy atom. The van der Waals surface area contributed by atoms with E-state index in [9.17, 15) is 0 Å². The summed E-state index contributed by atoms with van der Waals surface area (Å²) >= 11 is 0. The number of hydrogen-bond donors (Lipinski definition) is 0. The lowest BCUT2D eigenvalue weighted by Gasteiger charge is -2.36. The van der Waals surface area contributed by atoms with Crippen LogP contribution in [0.15, 0.2) is 258 Å². The monoisotopic (exact) mass is 891 g/mol. The van der Waals surface area contributed by atoms with Crippen LogP contribution in [0, 0.1) is 0 Å². The van der Waals surface area contributed by atoms with Crippen LogP contribution >= 0.6 is 0 Å². The molecular weight excluding hydrogens is 851 g/mol. The van der Waals surface area contributed by atoms with Crippen LogP contribution in [-0.2, 0) is 5.41 Å². The molecule has 0 fully saturated rings. The van der Waals surface area contributed by atoms with E-state index in [1.165, 1.54) is 55.6 Å². The van der Waals surface area contributed by atoms with Crippen molar-refractivity contribution in [1.29, 1.82) is 0 Å². The van der Waals surface area contributed by atoms with Crippen LogP contribution in [0.1, 0.15) is 22.3 Å². The van der Waals surface area contributed by atoms with Gasteiger partial charge in [-0.3, -0.25) is 0 Å². The summed E-state index contributed by atoms with van der Waals surface area (Å²) in [5.41, 5.74) is 22.9. The molecule has 2 aromatic heterocycles. The lowest BCUT2D eigenvalue weighted by Crippen LogP contribution is -2.29. The number of fused-ring (bicyclic) bond motifs is 18. The zero-order valence-corrected chi connectivity index (χ0v) is 37.9. The molecule has 15 rings (SSSR count). The summed E-state index contributed by atoms with van der Waals surface area (Å²) in [6, 6.07) is 90.9. The third-order valence-electron chi connectivity index (χ3n) is 15.1. The van der Waals surface area contributed by atoms with Gasteiger partial charge in [-0.25, -0.2) is 0 Å². The molecule has 3 nitrogen and oxygen atoms in total. The summed E-state index contributed by atoms with van der Waals surface area (Å²) in [5.74, 6) is 0. The Kier molecular flexibility index (Phi) is 8.28. The van der Waals surface area contributed by atoms with Gasteiger partial charge in [0.1, 0.15) is 22.3 Å². The second kappa shape index (κ2) is 14.9. The van der Waals surface area contributed by atoms with Gasteiger partial charge in [0, 0.05) is 44.0 Å². The first-order chi connectivity index (χ1) is 34.7. The molecule has 0 amide bonds. The van der Waals surface area contributed by atoms with E-state index in [1.807, 2.05) is 6.07 Å². The molecule has 0 saturated heterocycles. The van der Waals surface area contributed by atoms with Crippen molar-refractivity contribution in [2.45, 2.75) is 5.41 Å². The van der Waals surface area contributed by atoms with Crippen LogP contribution in [0.2, 0.25) is 0 Å². The summed E-state index contributed by atoms with van der Waals surface area (Å²) < 4.78 is 13.2. The molecule has 70 heavy (non-hydrogen) atoms. The van der Waals surface area contributed by atoms with Gasteiger partial charge in [0.2, 0.25) is 0 Å². The minimum Gasteiger partial charge on any atom is -0.456 e. The third kappa shape index (κ3) is 5.46. The smallest absolute Gasteiger partial charge is 0.143 e. The fraction of sp³-hybridized carbons (Fsp3) is 0.0149. The summed E-state index contributed by atoms with van der Waals surface area (Å²) in [4.78, 5) is 2.46. The molecule has 0 N–H and O–H groups in total. The van der Waals surface area contributed by atoms with Crippen LogP contribution in [0.25, 0.3) is 99.5 Å². The Morgan fingerprint density at radius 2 is 0.786 bits per heavy atom. The van der Waals surface area contributed by atoms with E-state index in [2.05, 4.69) is 248 Å². The Bertz CT molecular complexity index is 4250. The molecule has 1 unspecified atom stereocenters. The number of anilines is 3. The molecule has 0 saturated carbocycles. The van der Waals surface area contributed by atoms with Gasteiger partial charge in [0.05, 0.1) is 11.1 Å². The normalized spacial score (nSPS) is 14.3. The van der Waals surface area contributed by atoms with Crippen molar-refractivity contribution in [1.82, 2.24) is 0 Å². The van der Waals surface area contributed by atoms with Crippen LogP contribution < -0.4 is 4.90 Å². The second-order valence-electron chi connectivity index (χ2n) is 18.7. The van der Waals surface area contributed by atoms with Crippen molar-refractivity contribution in [2.75, 3.05) is 4.90 Å². The molecule has 3 heteroatoms. The Morgan fingerprint density at radius 1 is 0.271 bits per heavy atom. The average Bonchev–Trinajstić information content (AvgIpc) is 4.07. The fourth-order valence-corrected chi connectivity index (χ4v) is 12.2. The average molecular weight is 892 g/mol. The molecule has 1 atom stereocenters. The minimum absolute atomic E-state index is 0.709. The highest BCUT2D eigenvalue weighted by Gasteiger charge is 2.50. The molecule has 2 aliphatic carbocycles. The topological polar surface area (TPSA) is 29.5 Å². The molecule has 13 aromatic rings.